The van der Waals surface area contributed by atoms with Crippen molar-refractivity contribution in [2.24, 2.45) is 0 Å². The van der Waals surface area contributed by atoms with Gasteiger partial charge in [-0.15, -0.1) is 0 Å². The number of nitrogens with zero attached hydrogens (tertiary/aromatic N) is 1. The number of hydrogen-bond donors (Lipinski definition) is 0. The standard InChI is InChI=1S/C13H21NO2/c1-12(2,3)15-10-7-8-14-9-11(10)16-13(4,5)6/h7-9H,1-6H3. The van der Waals surface area contributed by atoms with Crippen molar-refractivity contribution >= 4 is 0 Å². The van der Waals surface area contributed by atoms with Crippen LogP contribution in [0.1, 0.15) is 41.5 Å². The molecular formula is C13H21NO2. The Balaban J connectivity index is 2.92. The van der Waals surface area contributed by atoms with Gasteiger partial charge in [-0.25, -0.2) is 0 Å². The van der Waals surface area contributed by atoms with Crippen molar-refractivity contribution in [3.05, 3.63) is 18.5 Å². The Kier molecular flexibility index (Phi) is 3.46. The monoisotopic (exact) mass is 223 g/mol. The van der Waals surface area contributed by atoms with Gasteiger partial charge in [-0.1, -0.05) is 0 Å². The highest BCUT2D eigenvalue weighted by atomic mass is 16.5. The number of ether oxygens (including phenoxy) is 2. The second-order valence-corrected chi connectivity index (χ2v) is 5.75. The van der Waals surface area contributed by atoms with Crippen LogP contribution < -0.4 is 9.47 Å². The van der Waals surface area contributed by atoms with Gasteiger partial charge in [0.05, 0.1) is 6.20 Å². The fraction of sp³-hybridized carbons (Fsp3) is 0.615. The molecule has 0 amide bonds. The number of hydrogen-bond acceptors (Lipinski definition) is 3. The van der Waals surface area contributed by atoms with Gasteiger partial charge in [0.25, 0.3) is 0 Å². The summed E-state index contributed by atoms with van der Waals surface area (Å²) in [6, 6.07) is 1.83. The molecule has 0 aliphatic heterocycles. The second-order valence-electron chi connectivity index (χ2n) is 5.75. The lowest BCUT2D eigenvalue weighted by Gasteiger charge is -2.26. The molecule has 0 N–H and O–H groups in total. The van der Waals surface area contributed by atoms with E-state index in [-0.39, 0.29) is 11.2 Å². The van der Waals surface area contributed by atoms with Crippen LogP contribution in [0.4, 0.5) is 0 Å². The third kappa shape index (κ3) is 4.51. The van der Waals surface area contributed by atoms with Crippen molar-refractivity contribution in [2.75, 3.05) is 0 Å². The zero-order chi connectivity index (χ0) is 12.4. The third-order valence-corrected chi connectivity index (χ3v) is 1.58. The number of pyridine rings is 1. The van der Waals surface area contributed by atoms with E-state index in [0.717, 1.165) is 5.75 Å². The smallest absolute Gasteiger partial charge is 0.180 e. The van der Waals surface area contributed by atoms with E-state index in [9.17, 15) is 0 Å². The highest BCUT2D eigenvalue weighted by Gasteiger charge is 2.19. The Morgan fingerprint density at radius 2 is 1.38 bits per heavy atom. The van der Waals surface area contributed by atoms with Crippen LogP contribution >= 0.6 is 0 Å². The molecule has 90 valence electrons. The largest absolute Gasteiger partial charge is 0.484 e. The van der Waals surface area contributed by atoms with Gasteiger partial charge >= 0.3 is 0 Å². The van der Waals surface area contributed by atoms with Crippen molar-refractivity contribution in [1.29, 1.82) is 0 Å². The minimum absolute atomic E-state index is 0.239. The lowest BCUT2D eigenvalue weighted by Crippen LogP contribution is -2.26. The maximum absolute atomic E-state index is 5.81. The molecule has 0 fully saturated rings. The van der Waals surface area contributed by atoms with Gasteiger partial charge in [-0.05, 0) is 41.5 Å². The van der Waals surface area contributed by atoms with Crippen LogP contribution in [0, 0.1) is 0 Å². The van der Waals surface area contributed by atoms with Crippen LogP contribution in [0.2, 0.25) is 0 Å². The van der Waals surface area contributed by atoms with E-state index in [0.29, 0.717) is 5.75 Å². The molecule has 0 saturated carbocycles. The van der Waals surface area contributed by atoms with Crippen LogP contribution in [0.5, 0.6) is 11.5 Å². The van der Waals surface area contributed by atoms with Crippen molar-refractivity contribution in [3.8, 4) is 11.5 Å². The third-order valence-electron chi connectivity index (χ3n) is 1.58. The molecule has 0 bridgehead atoms. The zero-order valence-electron chi connectivity index (χ0n) is 11.0. The second kappa shape index (κ2) is 4.32. The Morgan fingerprint density at radius 3 is 1.88 bits per heavy atom. The SMILES string of the molecule is CC(C)(C)Oc1ccncc1OC(C)(C)C. The first kappa shape index (κ1) is 12.8. The predicted octanol–water partition coefficient (Wildman–Crippen LogP) is 3.44. The maximum atomic E-state index is 5.81. The summed E-state index contributed by atoms with van der Waals surface area (Å²) in [5, 5.41) is 0. The van der Waals surface area contributed by atoms with Crippen molar-refractivity contribution < 1.29 is 9.47 Å². The summed E-state index contributed by atoms with van der Waals surface area (Å²) >= 11 is 0. The fourth-order valence-corrected chi connectivity index (χ4v) is 1.19. The molecule has 1 aromatic heterocycles. The lowest BCUT2D eigenvalue weighted by atomic mass is 10.2. The van der Waals surface area contributed by atoms with Crippen LogP contribution in [-0.4, -0.2) is 16.2 Å². The Morgan fingerprint density at radius 1 is 0.875 bits per heavy atom. The van der Waals surface area contributed by atoms with E-state index in [2.05, 4.69) is 4.98 Å². The topological polar surface area (TPSA) is 31.4 Å². The molecule has 0 saturated heterocycles. The molecular weight excluding hydrogens is 202 g/mol. The summed E-state index contributed by atoms with van der Waals surface area (Å²) < 4.78 is 11.6. The molecule has 16 heavy (non-hydrogen) atoms. The number of rotatable bonds is 2. The summed E-state index contributed by atoms with van der Waals surface area (Å²) in [7, 11) is 0. The number of aromatic nitrogens is 1. The van der Waals surface area contributed by atoms with E-state index >= 15 is 0 Å². The van der Waals surface area contributed by atoms with E-state index in [1.165, 1.54) is 0 Å². The highest BCUT2D eigenvalue weighted by Crippen LogP contribution is 2.31. The zero-order valence-corrected chi connectivity index (χ0v) is 11.0. The van der Waals surface area contributed by atoms with Crippen LogP contribution in [-0.2, 0) is 0 Å². The minimum Gasteiger partial charge on any atom is -0.484 e. The first-order valence-electron chi connectivity index (χ1n) is 5.49. The van der Waals surface area contributed by atoms with Crippen LogP contribution in [0.15, 0.2) is 18.5 Å². The van der Waals surface area contributed by atoms with E-state index < -0.39 is 0 Å². The molecule has 0 radical (unpaired) electrons. The molecule has 0 aromatic carbocycles. The molecule has 0 aliphatic rings. The lowest BCUT2D eigenvalue weighted by molar-refractivity contribution is 0.0952. The fourth-order valence-electron chi connectivity index (χ4n) is 1.19. The van der Waals surface area contributed by atoms with E-state index in [4.69, 9.17) is 9.47 Å². The van der Waals surface area contributed by atoms with Gasteiger partial charge < -0.3 is 9.47 Å². The predicted molar refractivity (Wildman–Crippen MR) is 65.0 cm³/mol. The van der Waals surface area contributed by atoms with Crippen molar-refractivity contribution in [2.45, 2.75) is 52.7 Å². The van der Waals surface area contributed by atoms with Gasteiger partial charge in [-0.2, -0.15) is 0 Å². The molecule has 1 rings (SSSR count). The first-order valence-corrected chi connectivity index (χ1v) is 5.49. The summed E-state index contributed by atoms with van der Waals surface area (Å²) in [4.78, 5) is 4.05. The molecule has 1 aromatic rings. The molecule has 3 heteroatoms. The Labute approximate surface area is 97.8 Å². The van der Waals surface area contributed by atoms with Crippen molar-refractivity contribution in [1.82, 2.24) is 4.98 Å². The summed E-state index contributed by atoms with van der Waals surface area (Å²) in [5.74, 6) is 1.42. The highest BCUT2D eigenvalue weighted by molar-refractivity contribution is 5.37. The molecule has 0 unspecified atom stereocenters. The minimum atomic E-state index is -0.251. The average molecular weight is 223 g/mol. The molecule has 0 atom stereocenters. The quantitative estimate of drug-likeness (QED) is 0.769. The Hall–Kier alpha value is -1.25. The van der Waals surface area contributed by atoms with Gasteiger partial charge in [0, 0.05) is 12.3 Å². The van der Waals surface area contributed by atoms with Crippen LogP contribution in [0.3, 0.4) is 0 Å². The van der Waals surface area contributed by atoms with Gasteiger partial charge in [0.2, 0.25) is 0 Å². The first-order chi connectivity index (χ1) is 7.17. The normalized spacial score (nSPS) is 12.4. The summed E-state index contributed by atoms with van der Waals surface area (Å²) in [6.07, 6.45) is 3.39. The molecule has 3 nitrogen and oxygen atoms in total. The Bertz CT molecular complexity index is 313. The van der Waals surface area contributed by atoms with Gasteiger partial charge in [0.1, 0.15) is 11.2 Å². The van der Waals surface area contributed by atoms with E-state index in [1.54, 1.807) is 12.4 Å². The molecule has 0 aliphatic carbocycles. The summed E-state index contributed by atoms with van der Waals surface area (Å²) in [5.41, 5.74) is -0.490. The molecule has 1 heterocycles. The van der Waals surface area contributed by atoms with E-state index in [1.807, 2.05) is 47.6 Å². The summed E-state index contributed by atoms with van der Waals surface area (Å²) in [6.45, 7) is 12.0. The van der Waals surface area contributed by atoms with Gasteiger partial charge in [-0.3, -0.25) is 4.98 Å². The van der Waals surface area contributed by atoms with Gasteiger partial charge in [0.15, 0.2) is 11.5 Å². The average Bonchev–Trinajstić information content (AvgIpc) is 2.03. The van der Waals surface area contributed by atoms with Crippen molar-refractivity contribution in [3.63, 3.8) is 0 Å². The maximum Gasteiger partial charge on any atom is 0.180 e. The van der Waals surface area contributed by atoms with Crippen LogP contribution in [0.25, 0.3) is 0 Å². The molecule has 0 spiro atoms.